The molecule has 0 saturated carbocycles. The van der Waals surface area contributed by atoms with Gasteiger partial charge in [0.25, 0.3) is 0 Å². The lowest BCUT2D eigenvalue weighted by atomic mass is 10.2. The van der Waals surface area contributed by atoms with Crippen molar-refractivity contribution in [2.24, 2.45) is 0 Å². The maximum atomic E-state index is 3.48. The fourth-order valence-electron chi connectivity index (χ4n) is 1.56. The SMILES string of the molecule is CCSC(C)Nc1cccc(NC(C)C)c1. The van der Waals surface area contributed by atoms with Gasteiger partial charge in [-0.05, 0) is 44.7 Å². The minimum absolute atomic E-state index is 0.458. The van der Waals surface area contributed by atoms with Gasteiger partial charge < -0.3 is 10.6 Å². The molecule has 0 spiro atoms. The Morgan fingerprint density at radius 1 is 1.12 bits per heavy atom. The highest BCUT2D eigenvalue weighted by Crippen LogP contribution is 2.19. The third kappa shape index (κ3) is 4.79. The lowest BCUT2D eigenvalue weighted by molar-refractivity contribution is 0.900. The Hall–Kier alpha value is -0.830. The number of rotatable bonds is 6. The highest BCUT2D eigenvalue weighted by Gasteiger charge is 2.02. The van der Waals surface area contributed by atoms with E-state index in [4.69, 9.17) is 0 Å². The first-order chi connectivity index (χ1) is 7.61. The summed E-state index contributed by atoms with van der Waals surface area (Å²) in [7, 11) is 0. The molecule has 0 amide bonds. The van der Waals surface area contributed by atoms with E-state index >= 15 is 0 Å². The van der Waals surface area contributed by atoms with Crippen LogP contribution in [0.1, 0.15) is 27.7 Å². The molecular weight excluding hydrogens is 216 g/mol. The number of thioether (sulfide) groups is 1. The normalized spacial score (nSPS) is 12.6. The lowest BCUT2D eigenvalue weighted by Gasteiger charge is -2.16. The molecule has 0 fully saturated rings. The van der Waals surface area contributed by atoms with E-state index in [-0.39, 0.29) is 0 Å². The molecule has 0 radical (unpaired) electrons. The lowest BCUT2D eigenvalue weighted by Crippen LogP contribution is -2.12. The quantitative estimate of drug-likeness (QED) is 0.732. The van der Waals surface area contributed by atoms with Gasteiger partial charge in [0.2, 0.25) is 0 Å². The highest BCUT2D eigenvalue weighted by atomic mass is 32.2. The van der Waals surface area contributed by atoms with Crippen LogP contribution >= 0.6 is 11.8 Å². The molecule has 0 saturated heterocycles. The molecule has 1 aromatic rings. The van der Waals surface area contributed by atoms with Crippen molar-refractivity contribution >= 4 is 23.1 Å². The largest absolute Gasteiger partial charge is 0.383 e. The van der Waals surface area contributed by atoms with Crippen LogP contribution in [0.4, 0.5) is 11.4 Å². The average molecular weight is 238 g/mol. The van der Waals surface area contributed by atoms with E-state index in [1.54, 1.807) is 0 Å². The minimum atomic E-state index is 0.458. The summed E-state index contributed by atoms with van der Waals surface area (Å²) < 4.78 is 0. The molecule has 16 heavy (non-hydrogen) atoms. The van der Waals surface area contributed by atoms with Crippen molar-refractivity contribution in [3.63, 3.8) is 0 Å². The Bertz CT molecular complexity index is 313. The summed E-state index contributed by atoms with van der Waals surface area (Å²) in [6, 6.07) is 8.92. The van der Waals surface area contributed by atoms with Crippen LogP contribution in [0.25, 0.3) is 0 Å². The molecule has 0 aliphatic carbocycles. The summed E-state index contributed by atoms with van der Waals surface area (Å²) in [4.78, 5) is 0. The Kier molecular flexibility index (Phi) is 5.53. The van der Waals surface area contributed by atoms with Crippen molar-refractivity contribution < 1.29 is 0 Å². The average Bonchev–Trinajstić information content (AvgIpc) is 2.17. The fourth-order valence-corrected chi connectivity index (χ4v) is 2.28. The van der Waals surface area contributed by atoms with E-state index in [1.165, 1.54) is 11.4 Å². The van der Waals surface area contributed by atoms with Crippen molar-refractivity contribution in [3.8, 4) is 0 Å². The van der Waals surface area contributed by atoms with Gasteiger partial charge in [0, 0.05) is 17.4 Å². The molecule has 0 aliphatic rings. The molecule has 1 atom stereocenters. The van der Waals surface area contributed by atoms with Crippen molar-refractivity contribution in [1.29, 1.82) is 0 Å². The number of hydrogen-bond donors (Lipinski definition) is 2. The predicted molar refractivity (Wildman–Crippen MR) is 76.4 cm³/mol. The summed E-state index contributed by atoms with van der Waals surface area (Å²) in [6.07, 6.45) is 0. The third-order valence-corrected chi connectivity index (χ3v) is 3.06. The second-order valence-electron chi connectivity index (χ2n) is 4.12. The van der Waals surface area contributed by atoms with Crippen LogP contribution in [-0.2, 0) is 0 Å². The maximum absolute atomic E-state index is 3.48. The van der Waals surface area contributed by atoms with Gasteiger partial charge in [0.05, 0.1) is 5.37 Å². The smallest absolute Gasteiger partial charge is 0.0694 e. The highest BCUT2D eigenvalue weighted by molar-refractivity contribution is 7.99. The van der Waals surface area contributed by atoms with Crippen molar-refractivity contribution in [1.82, 2.24) is 0 Å². The Balaban J connectivity index is 2.59. The zero-order valence-electron chi connectivity index (χ0n) is 10.6. The number of hydrogen-bond acceptors (Lipinski definition) is 3. The van der Waals surface area contributed by atoms with Gasteiger partial charge in [0.1, 0.15) is 0 Å². The summed E-state index contributed by atoms with van der Waals surface area (Å²) in [5, 5.41) is 7.34. The van der Waals surface area contributed by atoms with Gasteiger partial charge >= 0.3 is 0 Å². The molecule has 0 aliphatic heterocycles. The molecule has 1 rings (SSSR count). The molecule has 1 unspecified atom stereocenters. The first-order valence-electron chi connectivity index (χ1n) is 5.86. The topological polar surface area (TPSA) is 24.1 Å². The van der Waals surface area contributed by atoms with E-state index in [9.17, 15) is 0 Å². The van der Waals surface area contributed by atoms with Gasteiger partial charge in [-0.1, -0.05) is 13.0 Å². The summed E-state index contributed by atoms with van der Waals surface area (Å²) in [6.45, 7) is 8.67. The van der Waals surface area contributed by atoms with Gasteiger partial charge in [-0.2, -0.15) is 0 Å². The molecule has 1 aromatic carbocycles. The molecule has 0 aromatic heterocycles. The standard InChI is InChI=1S/C13H22N2S/c1-5-16-11(4)15-13-8-6-7-12(9-13)14-10(2)3/h6-11,14-15H,5H2,1-4H3. The van der Waals surface area contributed by atoms with Gasteiger partial charge in [-0.25, -0.2) is 0 Å². The fraction of sp³-hybridized carbons (Fsp3) is 0.538. The molecule has 2 nitrogen and oxygen atoms in total. The van der Waals surface area contributed by atoms with Crippen LogP contribution in [0.3, 0.4) is 0 Å². The molecular formula is C13H22N2S. The summed E-state index contributed by atoms with van der Waals surface area (Å²) in [5.41, 5.74) is 2.35. The van der Waals surface area contributed by atoms with Crippen LogP contribution in [0.2, 0.25) is 0 Å². The second-order valence-corrected chi connectivity index (χ2v) is 5.74. The first-order valence-corrected chi connectivity index (χ1v) is 6.91. The summed E-state index contributed by atoms with van der Waals surface area (Å²) >= 11 is 1.91. The Morgan fingerprint density at radius 3 is 2.31 bits per heavy atom. The molecule has 2 N–H and O–H groups in total. The number of anilines is 2. The zero-order valence-corrected chi connectivity index (χ0v) is 11.4. The zero-order chi connectivity index (χ0) is 12.0. The number of benzene rings is 1. The maximum Gasteiger partial charge on any atom is 0.0694 e. The molecule has 0 heterocycles. The van der Waals surface area contributed by atoms with Gasteiger partial charge in [-0.3, -0.25) is 0 Å². The van der Waals surface area contributed by atoms with E-state index in [0.717, 1.165) is 5.75 Å². The Labute approximate surface area is 103 Å². The van der Waals surface area contributed by atoms with Crippen LogP contribution in [0.5, 0.6) is 0 Å². The van der Waals surface area contributed by atoms with E-state index < -0.39 is 0 Å². The van der Waals surface area contributed by atoms with E-state index in [0.29, 0.717) is 11.4 Å². The van der Waals surface area contributed by atoms with E-state index in [1.807, 2.05) is 11.8 Å². The first kappa shape index (κ1) is 13.2. The van der Waals surface area contributed by atoms with Crippen molar-refractivity contribution in [3.05, 3.63) is 24.3 Å². The molecule has 90 valence electrons. The third-order valence-electron chi connectivity index (χ3n) is 2.10. The van der Waals surface area contributed by atoms with Crippen molar-refractivity contribution in [2.75, 3.05) is 16.4 Å². The Morgan fingerprint density at radius 2 is 1.75 bits per heavy atom. The summed E-state index contributed by atoms with van der Waals surface area (Å²) in [5.74, 6) is 1.14. The van der Waals surface area contributed by atoms with Crippen LogP contribution in [0.15, 0.2) is 24.3 Å². The van der Waals surface area contributed by atoms with Crippen LogP contribution in [-0.4, -0.2) is 17.2 Å². The van der Waals surface area contributed by atoms with Crippen LogP contribution < -0.4 is 10.6 Å². The van der Waals surface area contributed by atoms with Crippen molar-refractivity contribution in [2.45, 2.75) is 39.1 Å². The van der Waals surface area contributed by atoms with E-state index in [2.05, 4.69) is 62.6 Å². The number of nitrogens with one attached hydrogen (secondary N) is 2. The minimum Gasteiger partial charge on any atom is -0.383 e. The molecule has 0 bridgehead atoms. The van der Waals surface area contributed by atoms with Gasteiger partial charge in [0.15, 0.2) is 0 Å². The van der Waals surface area contributed by atoms with Gasteiger partial charge in [-0.15, -0.1) is 11.8 Å². The second kappa shape index (κ2) is 6.69. The predicted octanol–water partition coefficient (Wildman–Crippen LogP) is 4.02. The molecule has 3 heteroatoms. The van der Waals surface area contributed by atoms with Crippen LogP contribution in [0, 0.1) is 0 Å². The monoisotopic (exact) mass is 238 g/mol.